The Morgan fingerprint density at radius 2 is 1.87 bits per heavy atom. The van der Waals surface area contributed by atoms with Crippen LogP contribution in [-0.4, -0.2) is 41.6 Å². The van der Waals surface area contributed by atoms with E-state index in [1.54, 1.807) is 20.8 Å². The van der Waals surface area contributed by atoms with Crippen LogP contribution in [0.3, 0.4) is 0 Å². The van der Waals surface area contributed by atoms with E-state index in [-0.39, 0.29) is 6.61 Å². The average Bonchev–Trinajstić information content (AvgIpc) is 2.42. The normalized spacial score (nSPS) is 28.7. The number of hydrogen-bond donors (Lipinski definition) is 1. The van der Waals surface area contributed by atoms with Crippen LogP contribution in [0.25, 0.3) is 0 Å². The molecule has 15 heavy (non-hydrogen) atoms. The predicted octanol–water partition coefficient (Wildman–Crippen LogP) is 0.154. The quantitative estimate of drug-likeness (QED) is 0.679. The summed E-state index contributed by atoms with van der Waals surface area (Å²) in [6.45, 7) is 4.89. The van der Waals surface area contributed by atoms with Crippen LogP contribution in [0.4, 0.5) is 0 Å². The van der Waals surface area contributed by atoms with Gasteiger partial charge in [-0.05, 0) is 20.8 Å². The monoisotopic (exact) mass is 218 g/mol. The summed E-state index contributed by atoms with van der Waals surface area (Å²) in [5.74, 6) is -3.03. The molecule has 6 nitrogen and oxygen atoms in total. The molecule has 1 rings (SSSR count). The summed E-state index contributed by atoms with van der Waals surface area (Å²) >= 11 is 0. The minimum absolute atomic E-state index is 0.172. The SMILES string of the molecule is CCOC(=O)[C@H]1OC(C)(C)O[C@H]1C(=O)O. The van der Waals surface area contributed by atoms with E-state index >= 15 is 0 Å². The molecule has 6 heteroatoms. The fourth-order valence-corrected chi connectivity index (χ4v) is 1.34. The Morgan fingerprint density at radius 3 is 2.33 bits per heavy atom. The molecular weight excluding hydrogens is 204 g/mol. The zero-order valence-electron chi connectivity index (χ0n) is 8.85. The van der Waals surface area contributed by atoms with Gasteiger partial charge in [-0.25, -0.2) is 9.59 Å². The van der Waals surface area contributed by atoms with Crippen molar-refractivity contribution in [2.45, 2.75) is 38.8 Å². The van der Waals surface area contributed by atoms with Crippen molar-refractivity contribution in [3.8, 4) is 0 Å². The average molecular weight is 218 g/mol. The zero-order valence-corrected chi connectivity index (χ0v) is 8.85. The van der Waals surface area contributed by atoms with Crippen molar-refractivity contribution >= 4 is 11.9 Å². The molecule has 0 unspecified atom stereocenters. The number of carboxylic acid groups (broad SMARTS) is 1. The highest BCUT2D eigenvalue weighted by Crippen LogP contribution is 2.28. The van der Waals surface area contributed by atoms with Crippen molar-refractivity contribution < 1.29 is 28.9 Å². The number of ether oxygens (including phenoxy) is 3. The van der Waals surface area contributed by atoms with Crippen LogP contribution < -0.4 is 0 Å². The van der Waals surface area contributed by atoms with Crippen LogP contribution in [0.5, 0.6) is 0 Å². The second kappa shape index (κ2) is 4.16. The highest BCUT2D eigenvalue weighted by Gasteiger charge is 2.49. The molecule has 0 radical (unpaired) electrons. The second-order valence-electron chi connectivity index (χ2n) is 3.57. The first-order valence-electron chi connectivity index (χ1n) is 4.62. The third-order valence-electron chi connectivity index (χ3n) is 1.86. The molecule has 0 amide bonds. The van der Waals surface area contributed by atoms with Crippen molar-refractivity contribution in [1.82, 2.24) is 0 Å². The van der Waals surface area contributed by atoms with E-state index in [4.69, 9.17) is 19.3 Å². The van der Waals surface area contributed by atoms with Gasteiger partial charge >= 0.3 is 11.9 Å². The van der Waals surface area contributed by atoms with Gasteiger partial charge in [0.2, 0.25) is 0 Å². The number of carbonyl (C=O) groups is 2. The maximum absolute atomic E-state index is 11.4. The molecule has 0 bridgehead atoms. The third-order valence-corrected chi connectivity index (χ3v) is 1.86. The smallest absolute Gasteiger partial charge is 0.338 e. The molecule has 1 fully saturated rings. The standard InChI is InChI=1S/C9H14O6/c1-4-13-8(12)6-5(7(10)11)14-9(2,3)15-6/h5-6H,4H2,1-3H3,(H,10,11)/t5-,6+/m1/s1. The maximum Gasteiger partial charge on any atom is 0.338 e. The number of aliphatic carboxylic acids is 1. The minimum Gasteiger partial charge on any atom is -0.479 e. The van der Waals surface area contributed by atoms with E-state index in [1.807, 2.05) is 0 Å². The topological polar surface area (TPSA) is 82.1 Å². The lowest BCUT2D eigenvalue weighted by atomic mass is 10.2. The maximum atomic E-state index is 11.4. The Morgan fingerprint density at radius 1 is 1.33 bits per heavy atom. The summed E-state index contributed by atoms with van der Waals surface area (Å²) in [5, 5.41) is 8.82. The zero-order chi connectivity index (χ0) is 11.6. The molecule has 1 saturated heterocycles. The van der Waals surface area contributed by atoms with Crippen LogP contribution in [-0.2, 0) is 23.8 Å². The molecule has 0 aromatic carbocycles. The van der Waals surface area contributed by atoms with E-state index in [0.29, 0.717) is 0 Å². The molecule has 2 atom stereocenters. The summed E-state index contributed by atoms with van der Waals surface area (Å²) in [7, 11) is 0. The molecule has 1 aliphatic rings. The van der Waals surface area contributed by atoms with Crippen LogP contribution >= 0.6 is 0 Å². The summed E-state index contributed by atoms with van der Waals surface area (Å²) in [6.07, 6.45) is -2.50. The lowest BCUT2D eigenvalue weighted by molar-refractivity contribution is -0.171. The van der Waals surface area contributed by atoms with Gasteiger partial charge < -0.3 is 19.3 Å². The molecule has 0 saturated carbocycles. The van der Waals surface area contributed by atoms with E-state index in [2.05, 4.69) is 0 Å². The van der Waals surface area contributed by atoms with Crippen LogP contribution in [0, 0.1) is 0 Å². The predicted molar refractivity (Wildman–Crippen MR) is 48.1 cm³/mol. The van der Waals surface area contributed by atoms with Gasteiger partial charge in [0.1, 0.15) is 0 Å². The van der Waals surface area contributed by atoms with Gasteiger partial charge in [0.25, 0.3) is 0 Å². The van der Waals surface area contributed by atoms with Gasteiger partial charge in [0.05, 0.1) is 6.61 Å². The molecule has 1 aliphatic heterocycles. The number of rotatable bonds is 3. The first kappa shape index (κ1) is 11.9. The van der Waals surface area contributed by atoms with Crippen LogP contribution in [0.1, 0.15) is 20.8 Å². The molecule has 0 aromatic heterocycles. The van der Waals surface area contributed by atoms with Gasteiger partial charge in [0, 0.05) is 0 Å². The van der Waals surface area contributed by atoms with Crippen molar-refractivity contribution in [2.75, 3.05) is 6.61 Å². The minimum atomic E-state index is -1.31. The Bertz CT molecular complexity index is 272. The number of carboxylic acids is 1. The summed E-state index contributed by atoms with van der Waals surface area (Å²) in [4.78, 5) is 22.2. The summed E-state index contributed by atoms with van der Waals surface area (Å²) in [5.41, 5.74) is 0. The van der Waals surface area contributed by atoms with Crippen LogP contribution in [0.2, 0.25) is 0 Å². The van der Waals surface area contributed by atoms with E-state index in [0.717, 1.165) is 0 Å². The molecular formula is C9H14O6. The largest absolute Gasteiger partial charge is 0.479 e. The van der Waals surface area contributed by atoms with Crippen molar-refractivity contribution in [1.29, 1.82) is 0 Å². The van der Waals surface area contributed by atoms with Gasteiger partial charge in [-0.2, -0.15) is 0 Å². The summed E-state index contributed by atoms with van der Waals surface area (Å²) in [6, 6.07) is 0. The lowest BCUT2D eigenvalue weighted by Crippen LogP contribution is -2.38. The Kier molecular flexibility index (Phi) is 3.31. The fourth-order valence-electron chi connectivity index (χ4n) is 1.34. The molecule has 0 aromatic rings. The van der Waals surface area contributed by atoms with Gasteiger partial charge in [-0.1, -0.05) is 0 Å². The molecule has 86 valence electrons. The molecule has 0 spiro atoms. The highest BCUT2D eigenvalue weighted by molar-refractivity contribution is 5.85. The number of esters is 1. The number of carbonyl (C=O) groups excluding carboxylic acids is 1. The van der Waals surface area contributed by atoms with Gasteiger partial charge in [-0.15, -0.1) is 0 Å². The third kappa shape index (κ3) is 2.66. The first-order valence-corrected chi connectivity index (χ1v) is 4.62. The van der Waals surface area contributed by atoms with Crippen LogP contribution in [0.15, 0.2) is 0 Å². The number of hydrogen-bond acceptors (Lipinski definition) is 5. The van der Waals surface area contributed by atoms with Gasteiger partial charge in [0.15, 0.2) is 18.0 Å². The first-order chi connectivity index (χ1) is 6.87. The summed E-state index contributed by atoms with van der Waals surface area (Å²) < 4.78 is 14.9. The Hall–Kier alpha value is -1.14. The molecule has 1 heterocycles. The van der Waals surface area contributed by atoms with E-state index in [1.165, 1.54) is 0 Å². The van der Waals surface area contributed by atoms with E-state index < -0.39 is 29.9 Å². The molecule has 1 N–H and O–H groups in total. The van der Waals surface area contributed by atoms with Gasteiger partial charge in [-0.3, -0.25) is 0 Å². The van der Waals surface area contributed by atoms with Crippen molar-refractivity contribution in [3.63, 3.8) is 0 Å². The van der Waals surface area contributed by atoms with E-state index in [9.17, 15) is 9.59 Å². The molecule has 0 aliphatic carbocycles. The second-order valence-corrected chi connectivity index (χ2v) is 3.57. The highest BCUT2D eigenvalue weighted by atomic mass is 16.8. The Balaban J connectivity index is 2.77. The fraction of sp³-hybridized carbons (Fsp3) is 0.778. The van der Waals surface area contributed by atoms with Crippen molar-refractivity contribution in [2.24, 2.45) is 0 Å². The van der Waals surface area contributed by atoms with Crippen molar-refractivity contribution in [3.05, 3.63) is 0 Å². The lowest BCUT2D eigenvalue weighted by Gasteiger charge is -2.15. The Labute approximate surface area is 87.1 Å².